The van der Waals surface area contributed by atoms with Gasteiger partial charge in [-0.3, -0.25) is 14.6 Å². The summed E-state index contributed by atoms with van der Waals surface area (Å²) in [6.45, 7) is -0.213. The van der Waals surface area contributed by atoms with Gasteiger partial charge in [-0.15, -0.1) is 0 Å². The van der Waals surface area contributed by atoms with Gasteiger partial charge in [0.15, 0.2) is 0 Å². The first-order chi connectivity index (χ1) is 16.9. The van der Waals surface area contributed by atoms with E-state index in [1.807, 2.05) is 0 Å². The summed E-state index contributed by atoms with van der Waals surface area (Å²) in [5, 5.41) is 24.0. The minimum absolute atomic E-state index is 0.0183. The molecule has 2 aromatic heterocycles. The van der Waals surface area contributed by atoms with E-state index in [1.165, 1.54) is 48.3 Å². The van der Waals surface area contributed by atoms with Crippen LogP contribution in [0.3, 0.4) is 0 Å². The van der Waals surface area contributed by atoms with Crippen LogP contribution in [0.1, 0.15) is 10.4 Å². The van der Waals surface area contributed by atoms with Gasteiger partial charge in [-0.1, -0.05) is 17.7 Å². The average Bonchev–Trinajstić information content (AvgIpc) is 3.49. The maximum Gasteiger partial charge on any atom is 0.252 e. The number of aromatic amines is 1. The lowest BCUT2D eigenvalue weighted by atomic mass is 10.0. The Kier molecular flexibility index (Phi) is 7.54. The third-order valence-corrected chi connectivity index (χ3v) is 5.67. The minimum atomic E-state index is -0.754. The Hall–Kier alpha value is -3.60. The number of hydrogen-bond donors (Lipinski definition) is 3. The SMILES string of the molecule is CO[C@H](CO)[C@@H](Cn1cc(Cl)cn1)NC(=O)c1cccc(F)c1-c1cc(-c2ccc(F)cc2)n[nH]1. The highest BCUT2D eigenvalue weighted by molar-refractivity contribution is 6.30. The van der Waals surface area contributed by atoms with E-state index < -0.39 is 23.9 Å². The fourth-order valence-electron chi connectivity index (χ4n) is 3.71. The number of carbonyl (C=O) groups is 1. The van der Waals surface area contributed by atoms with Crippen molar-refractivity contribution in [3.8, 4) is 22.5 Å². The van der Waals surface area contributed by atoms with E-state index in [0.29, 0.717) is 16.3 Å². The van der Waals surface area contributed by atoms with Gasteiger partial charge in [0.2, 0.25) is 0 Å². The van der Waals surface area contributed by atoms with Gasteiger partial charge < -0.3 is 15.2 Å². The summed E-state index contributed by atoms with van der Waals surface area (Å²) in [5.41, 5.74) is 1.43. The normalized spacial score (nSPS) is 12.9. The predicted octanol–water partition coefficient (Wildman–Crippen LogP) is 3.68. The summed E-state index contributed by atoms with van der Waals surface area (Å²) in [6, 6.07) is 10.7. The third kappa shape index (κ3) is 5.56. The number of aromatic nitrogens is 4. The van der Waals surface area contributed by atoms with Crippen LogP contribution >= 0.6 is 11.6 Å². The summed E-state index contributed by atoms with van der Waals surface area (Å²) in [6.07, 6.45) is 2.26. The summed E-state index contributed by atoms with van der Waals surface area (Å²) in [4.78, 5) is 13.3. The zero-order chi connectivity index (χ0) is 24.9. The average molecular weight is 502 g/mol. The van der Waals surface area contributed by atoms with Crippen molar-refractivity contribution in [3.63, 3.8) is 0 Å². The fourth-order valence-corrected chi connectivity index (χ4v) is 3.87. The number of rotatable bonds is 9. The second-order valence-electron chi connectivity index (χ2n) is 7.75. The number of amides is 1. The number of hydrogen-bond acceptors (Lipinski definition) is 5. The van der Waals surface area contributed by atoms with Crippen LogP contribution in [0, 0.1) is 11.6 Å². The molecule has 0 aliphatic carbocycles. The van der Waals surface area contributed by atoms with Crippen molar-refractivity contribution in [2.24, 2.45) is 0 Å². The molecule has 8 nitrogen and oxygen atoms in total. The van der Waals surface area contributed by atoms with E-state index in [-0.39, 0.29) is 35.8 Å². The number of benzene rings is 2. The molecule has 35 heavy (non-hydrogen) atoms. The largest absolute Gasteiger partial charge is 0.394 e. The monoisotopic (exact) mass is 501 g/mol. The van der Waals surface area contributed by atoms with Crippen LogP contribution in [0.4, 0.5) is 8.78 Å². The van der Waals surface area contributed by atoms with Gasteiger partial charge in [-0.2, -0.15) is 10.2 Å². The first kappa shape index (κ1) is 24.5. The number of nitrogens with one attached hydrogen (secondary N) is 2. The van der Waals surface area contributed by atoms with Crippen LogP contribution in [0.25, 0.3) is 22.5 Å². The van der Waals surface area contributed by atoms with Crippen molar-refractivity contribution < 1.29 is 23.4 Å². The molecule has 1 amide bonds. The van der Waals surface area contributed by atoms with Crippen LogP contribution in [-0.2, 0) is 11.3 Å². The molecule has 0 bridgehead atoms. The maximum atomic E-state index is 15.0. The van der Waals surface area contributed by atoms with Crippen LogP contribution < -0.4 is 5.32 Å². The van der Waals surface area contributed by atoms with Gasteiger partial charge >= 0.3 is 0 Å². The number of carbonyl (C=O) groups excluding carboxylic acids is 1. The lowest BCUT2D eigenvalue weighted by molar-refractivity contribution is 0.0167. The zero-order valence-electron chi connectivity index (χ0n) is 18.6. The van der Waals surface area contributed by atoms with E-state index in [1.54, 1.807) is 24.4 Å². The van der Waals surface area contributed by atoms with E-state index in [0.717, 1.165) is 0 Å². The first-order valence-electron chi connectivity index (χ1n) is 10.6. The van der Waals surface area contributed by atoms with Gasteiger partial charge in [-0.05, 0) is 42.5 Å². The Morgan fingerprint density at radius 2 is 2.03 bits per heavy atom. The topological polar surface area (TPSA) is 105 Å². The van der Waals surface area contributed by atoms with E-state index in [9.17, 15) is 18.7 Å². The van der Waals surface area contributed by atoms with Gasteiger partial charge in [0.05, 0.1) is 47.4 Å². The standard InChI is InChI=1S/C24H22ClF2N5O3/c1-35-22(13-33)21(12-32-11-15(25)10-28-32)29-24(34)17-3-2-4-18(27)23(17)20-9-19(30-31-20)14-5-7-16(26)8-6-14/h2-11,21-22,33H,12-13H2,1H3,(H,29,34)(H,30,31)/t21-,22-/m1/s1. The molecule has 0 saturated heterocycles. The summed E-state index contributed by atoms with van der Waals surface area (Å²) >= 11 is 5.93. The number of nitrogens with zero attached hydrogens (tertiary/aromatic N) is 3. The number of ether oxygens (including phenoxy) is 1. The number of methoxy groups -OCH3 is 1. The third-order valence-electron chi connectivity index (χ3n) is 5.48. The van der Waals surface area contributed by atoms with Gasteiger partial charge in [0, 0.05) is 24.4 Å². The Morgan fingerprint density at radius 3 is 2.69 bits per heavy atom. The van der Waals surface area contributed by atoms with Crippen molar-refractivity contribution in [2.45, 2.75) is 18.7 Å². The Bertz CT molecular complexity index is 1300. The smallest absolute Gasteiger partial charge is 0.252 e. The molecular weight excluding hydrogens is 480 g/mol. The number of aliphatic hydroxyl groups is 1. The molecule has 182 valence electrons. The van der Waals surface area contributed by atoms with Crippen LogP contribution in [0.5, 0.6) is 0 Å². The number of halogens is 3. The molecule has 4 aromatic rings. The van der Waals surface area contributed by atoms with E-state index >= 15 is 0 Å². The lowest BCUT2D eigenvalue weighted by Gasteiger charge is -2.26. The first-order valence-corrected chi connectivity index (χ1v) is 11.0. The molecule has 2 aromatic carbocycles. The molecule has 0 radical (unpaired) electrons. The van der Waals surface area contributed by atoms with Crippen molar-refractivity contribution in [1.82, 2.24) is 25.3 Å². The highest BCUT2D eigenvalue weighted by atomic mass is 35.5. The summed E-state index contributed by atoms with van der Waals surface area (Å²) in [5.74, 6) is -1.61. The molecule has 0 aliphatic rings. The molecule has 2 atom stereocenters. The van der Waals surface area contributed by atoms with Gasteiger partial charge in [0.25, 0.3) is 5.91 Å². The summed E-state index contributed by atoms with van der Waals surface area (Å²) < 4.78 is 35.1. The molecule has 3 N–H and O–H groups in total. The molecule has 11 heteroatoms. The highest BCUT2D eigenvalue weighted by Crippen LogP contribution is 2.29. The molecule has 0 unspecified atom stereocenters. The lowest BCUT2D eigenvalue weighted by Crippen LogP contribution is -2.48. The Balaban J connectivity index is 1.64. The summed E-state index contributed by atoms with van der Waals surface area (Å²) in [7, 11) is 1.41. The minimum Gasteiger partial charge on any atom is -0.394 e. The number of aliphatic hydroxyl groups excluding tert-OH is 1. The van der Waals surface area contributed by atoms with Gasteiger partial charge in [-0.25, -0.2) is 8.78 Å². The second-order valence-corrected chi connectivity index (χ2v) is 8.19. The van der Waals surface area contributed by atoms with Gasteiger partial charge in [0.1, 0.15) is 17.7 Å². The number of H-pyrrole nitrogens is 1. The van der Waals surface area contributed by atoms with Crippen LogP contribution in [-0.4, -0.2) is 56.9 Å². The predicted molar refractivity (Wildman–Crippen MR) is 126 cm³/mol. The van der Waals surface area contributed by atoms with Crippen LogP contribution in [0.2, 0.25) is 5.02 Å². The zero-order valence-corrected chi connectivity index (χ0v) is 19.3. The van der Waals surface area contributed by atoms with Crippen LogP contribution in [0.15, 0.2) is 60.9 Å². The quantitative estimate of drug-likeness (QED) is 0.324. The van der Waals surface area contributed by atoms with Crippen molar-refractivity contribution in [2.75, 3.05) is 13.7 Å². The molecule has 2 heterocycles. The maximum absolute atomic E-state index is 15.0. The van der Waals surface area contributed by atoms with Crippen molar-refractivity contribution in [1.29, 1.82) is 0 Å². The Labute approximate surface area is 204 Å². The highest BCUT2D eigenvalue weighted by Gasteiger charge is 2.26. The molecule has 0 saturated carbocycles. The Morgan fingerprint density at radius 1 is 1.26 bits per heavy atom. The molecule has 0 spiro atoms. The van der Waals surface area contributed by atoms with Crippen molar-refractivity contribution >= 4 is 17.5 Å². The fraction of sp³-hybridized carbons (Fsp3) is 0.208. The molecule has 4 rings (SSSR count). The molecule has 0 fully saturated rings. The molecule has 0 aliphatic heterocycles. The van der Waals surface area contributed by atoms with Crippen molar-refractivity contribution in [3.05, 3.63) is 83.1 Å². The second kappa shape index (κ2) is 10.8. The molecular formula is C24H22ClF2N5O3. The van der Waals surface area contributed by atoms with E-state index in [2.05, 4.69) is 20.6 Å². The van der Waals surface area contributed by atoms with E-state index in [4.69, 9.17) is 16.3 Å².